The van der Waals surface area contributed by atoms with Crippen molar-refractivity contribution in [3.05, 3.63) is 11.9 Å². The molecule has 0 spiro atoms. The monoisotopic (exact) mass is 424 g/mol. The van der Waals surface area contributed by atoms with E-state index in [1.54, 1.807) is 27.7 Å². The summed E-state index contributed by atoms with van der Waals surface area (Å²) in [5.74, 6) is -0.0590. The third-order valence-electron chi connectivity index (χ3n) is 5.35. The van der Waals surface area contributed by atoms with E-state index in [1.807, 2.05) is 27.7 Å². The predicted molar refractivity (Wildman–Crippen MR) is 112 cm³/mol. The molecule has 10 heteroatoms. The van der Waals surface area contributed by atoms with Crippen molar-refractivity contribution in [2.45, 2.75) is 71.9 Å². The number of rotatable bonds is 5. The van der Waals surface area contributed by atoms with E-state index < -0.39 is 0 Å². The maximum absolute atomic E-state index is 12.8. The van der Waals surface area contributed by atoms with Gasteiger partial charge in [0.1, 0.15) is 0 Å². The Morgan fingerprint density at radius 1 is 1.43 bits per heavy atom. The van der Waals surface area contributed by atoms with Crippen LogP contribution in [0.15, 0.2) is 6.20 Å². The first-order chi connectivity index (χ1) is 14.2. The Morgan fingerprint density at radius 3 is 2.83 bits per heavy atom. The van der Waals surface area contributed by atoms with Gasteiger partial charge in [0.15, 0.2) is 0 Å². The number of aryl methyl sites for hydroxylation is 1. The summed E-state index contributed by atoms with van der Waals surface area (Å²) in [6.45, 7) is 9.28. The molecule has 2 heterocycles. The van der Waals surface area contributed by atoms with Gasteiger partial charge < -0.3 is 25.0 Å². The van der Waals surface area contributed by atoms with Gasteiger partial charge in [0.2, 0.25) is 5.91 Å². The summed E-state index contributed by atoms with van der Waals surface area (Å²) in [6, 6.07) is -0.420. The van der Waals surface area contributed by atoms with Crippen LogP contribution < -0.4 is 5.32 Å². The van der Waals surface area contributed by atoms with Gasteiger partial charge in [0.25, 0.3) is 0 Å². The van der Waals surface area contributed by atoms with Crippen LogP contribution in [0.25, 0.3) is 0 Å². The van der Waals surface area contributed by atoms with Crippen LogP contribution in [0.1, 0.15) is 46.2 Å². The number of aromatic nitrogens is 3. The number of likely N-dealkylation sites (N-methyl/N-ethyl adjacent to an activating group) is 1. The zero-order valence-electron chi connectivity index (χ0n) is 18.7. The van der Waals surface area contributed by atoms with Crippen LogP contribution in [0.4, 0.5) is 4.79 Å². The predicted octanol–water partition coefficient (Wildman–Crippen LogP) is 0.852. The molecule has 30 heavy (non-hydrogen) atoms. The fourth-order valence-corrected chi connectivity index (χ4v) is 3.46. The third-order valence-corrected chi connectivity index (χ3v) is 5.35. The number of hydrogen-bond acceptors (Lipinski definition) is 6. The first-order valence-corrected chi connectivity index (χ1v) is 10.6. The highest BCUT2D eigenvalue weighted by atomic mass is 16.5. The van der Waals surface area contributed by atoms with E-state index in [0.29, 0.717) is 39.1 Å². The summed E-state index contributed by atoms with van der Waals surface area (Å²) in [5, 5.41) is 20.6. The summed E-state index contributed by atoms with van der Waals surface area (Å²) in [7, 11) is 1.73. The van der Waals surface area contributed by atoms with Crippen LogP contribution >= 0.6 is 0 Å². The summed E-state index contributed by atoms with van der Waals surface area (Å²) in [5.41, 5.74) is 0.843. The van der Waals surface area contributed by atoms with E-state index in [-0.39, 0.29) is 42.7 Å². The average Bonchev–Trinajstić information content (AvgIpc) is 3.14. The minimum absolute atomic E-state index is 0.00436. The first-order valence-electron chi connectivity index (χ1n) is 10.6. The van der Waals surface area contributed by atoms with Crippen molar-refractivity contribution in [2.24, 2.45) is 5.92 Å². The van der Waals surface area contributed by atoms with E-state index in [2.05, 4.69) is 15.6 Å². The maximum atomic E-state index is 12.8. The Morgan fingerprint density at radius 2 is 2.17 bits per heavy atom. The maximum Gasteiger partial charge on any atom is 0.317 e. The number of aliphatic hydroxyl groups excluding tert-OH is 1. The average molecular weight is 425 g/mol. The number of carbonyl (C=O) groups is 2. The fourth-order valence-electron chi connectivity index (χ4n) is 3.46. The number of carbonyl (C=O) groups excluding carboxylic acids is 2. The van der Waals surface area contributed by atoms with Gasteiger partial charge >= 0.3 is 6.03 Å². The number of hydrogen-bond donors (Lipinski definition) is 2. The molecule has 0 fully saturated rings. The largest absolute Gasteiger partial charge is 0.394 e. The van der Waals surface area contributed by atoms with E-state index in [1.165, 1.54) is 0 Å². The quantitative estimate of drug-likeness (QED) is 0.725. The second-order valence-corrected chi connectivity index (χ2v) is 8.44. The molecule has 0 aromatic carbocycles. The van der Waals surface area contributed by atoms with Gasteiger partial charge in [-0.15, -0.1) is 5.10 Å². The lowest BCUT2D eigenvalue weighted by molar-refractivity contribution is -0.136. The molecule has 1 aliphatic rings. The van der Waals surface area contributed by atoms with Crippen molar-refractivity contribution >= 4 is 11.9 Å². The molecule has 0 saturated heterocycles. The van der Waals surface area contributed by atoms with Crippen molar-refractivity contribution in [2.75, 3.05) is 26.7 Å². The van der Waals surface area contributed by atoms with Crippen molar-refractivity contribution in [1.82, 2.24) is 30.1 Å². The van der Waals surface area contributed by atoms with Gasteiger partial charge in [-0.3, -0.25) is 4.79 Å². The lowest BCUT2D eigenvalue weighted by Gasteiger charge is -2.35. The van der Waals surface area contributed by atoms with Gasteiger partial charge in [0.05, 0.1) is 37.3 Å². The molecule has 0 unspecified atom stereocenters. The Kier molecular flexibility index (Phi) is 9.04. The summed E-state index contributed by atoms with van der Waals surface area (Å²) >= 11 is 0. The normalized spacial score (nSPS) is 22.1. The number of amides is 3. The molecule has 0 aliphatic carbocycles. The van der Waals surface area contributed by atoms with Crippen molar-refractivity contribution < 1.29 is 19.4 Å². The summed E-state index contributed by atoms with van der Waals surface area (Å²) in [6.07, 6.45) is 2.38. The number of ether oxygens (including phenoxy) is 1. The standard InChI is InChI=1S/C20H36N6O4/c1-14(2)22-20(29)24(5)11-18-15(3)10-25(16(4)12-27)19(28)7-6-8-26-17(13-30-18)9-21-23-26/h9,14-16,18,27H,6-8,10-13H2,1-5H3,(H,22,29)/t15-,16+,18-/m0/s1. The number of nitrogens with zero attached hydrogens (tertiary/aromatic N) is 5. The van der Waals surface area contributed by atoms with Crippen molar-refractivity contribution in [3.8, 4) is 0 Å². The molecule has 2 N–H and O–H groups in total. The smallest absolute Gasteiger partial charge is 0.317 e. The highest BCUT2D eigenvalue weighted by molar-refractivity contribution is 5.76. The molecule has 0 radical (unpaired) electrons. The topological polar surface area (TPSA) is 113 Å². The van der Waals surface area contributed by atoms with Crippen LogP contribution in [-0.2, 0) is 22.7 Å². The molecule has 3 atom stereocenters. The van der Waals surface area contributed by atoms with Gasteiger partial charge in [-0.25, -0.2) is 9.48 Å². The molecule has 10 nitrogen and oxygen atoms in total. The number of nitrogens with one attached hydrogen (secondary N) is 1. The van der Waals surface area contributed by atoms with E-state index >= 15 is 0 Å². The van der Waals surface area contributed by atoms with Crippen LogP contribution in [0, 0.1) is 5.92 Å². The van der Waals surface area contributed by atoms with Crippen LogP contribution in [0.2, 0.25) is 0 Å². The molecule has 1 aromatic heterocycles. The van der Waals surface area contributed by atoms with Gasteiger partial charge in [-0.1, -0.05) is 12.1 Å². The Labute approximate surface area is 178 Å². The number of aliphatic hydroxyl groups is 1. The van der Waals surface area contributed by atoms with Gasteiger partial charge in [0, 0.05) is 45.1 Å². The lowest BCUT2D eigenvalue weighted by atomic mass is 10.0. The first kappa shape index (κ1) is 24.1. The molecule has 1 aliphatic heterocycles. The second-order valence-electron chi connectivity index (χ2n) is 8.44. The number of urea groups is 1. The zero-order chi connectivity index (χ0) is 22.3. The van der Waals surface area contributed by atoms with Gasteiger partial charge in [-0.05, 0) is 27.2 Å². The molecule has 0 bridgehead atoms. The van der Waals surface area contributed by atoms with E-state index in [0.717, 1.165) is 5.69 Å². The fraction of sp³-hybridized carbons (Fsp3) is 0.800. The Hall–Kier alpha value is -2.20. The molecule has 1 aromatic rings. The van der Waals surface area contributed by atoms with Crippen molar-refractivity contribution in [3.63, 3.8) is 0 Å². The zero-order valence-corrected chi connectivity index (χ0v) is 18.7. The minimum atomic E-state index is -0.308. The molecular weight excluding hydrogens is 388 g/mol. The van der Waals surface area contributed by atoms with Crippen LogP contribution in [0.3, 0.4) is 0 Å². The summed E-state index contributed by atoms with van der Waals surface area (Å²) in [4.78, 5) is 28.5. The minimum Gasteiger partial charge on any atom is -0.394 e. The lowest BCUT2D eigenvalue weighted by Crippen LogP contribution is -2.49. The highest BCUT2D eigenvalue weighted by Gasteiger charge is 2.29. The molecule has 2 rings (SSSR count). The SMILES string of the molecule is CC(C)NC(=O)N(C)C[C@@H]1OCc2cnnn2CCCC(=O)N([C@H](C)CO)C[C@@H]1C. The molecular formula is C20H36N6O4. The Bertz CT molecular complexity index is 695. The van der Waals surface area contributed by atoms with Gasteiger partial charge in [-0.2, -0.15) is 0 Å². The number of fused-ring (bicyclic) bond motifs is 1. The van der Waals surface area contributed by atoms with E-state index in [4.69, 9.17) is 4.74 Å². The Balaban J connectivity index is 2.22. The molecule has 0 saturated carbocycles. The van der Waals surface area contributed by atoms with Crippen LogP contribution in [0.5, 0.6) is 0 Å². The van der Waals surface area contributed by atoms with E-state index in [9.17, 15) is 14.7 Å². The van der Waals surface area contributed by atoms with Crippen LogP contribution in [-0.4, -0.2) is 86.8 Å². The second kappa shape index (κ2) is 11.3. The molecule has 3 amide bonds. The third kappa shape index (κ3) is 6.66. The molecule has 170 valence electrons. The summed E-state index contributed by atoms with van der Waals surface area (Å²) < 4.78 is 7.97. The van der Waals surface area contributed by atoms with Crippen molar-refractivity contribution in [1.29, 1.82) is 0 Å². The highest BCUT2D eigenvalue weighted by Crippen LogP contribution is 2.18.